The number of aryl methyl sites for hydroxylation is 1. The Labute approximate surface area is 121 Å². The van der Waals surface area contributed by atoms with Crippen LogP contribution >= 0.6 is 0 Å². The zero-order valence-electron chi connectivity index (χ0n) is 11.5. The van der Waals surface area contributed by atoms with Crippen LogP contribution in [0.25, 0.3) is 0 Å². The predicted octanol–water partition coefficient (Wildman–Crippen LogP) is 2.72. The fraction of sp³-hybridized carbons (Fsp3) is 0.538. The highest BCUT2D eigenvalue weighted by atomic mass is 32.2. The highest BCUT2D eigenvalue weighted by molar-refractivity contribution is 7.93. The molecule has 0 bridgehead atoms. The van der Waals surface area contributed by atoms with E-state index in [1.54, 1.807) is 17.7 Å². The van der Waals surface area contributed by atoms with E-state index in [0.717, 1.165) is 31.5 Å². The van der Waals surface area contributed by atoms with Crippen molar-refractivity contribution in [1.29, 1.82) is 0 Å². The van der Waals surface area contributed by atoms with Crippen molar-refractivity contribution in [2.75, 3.05) is 17.8 Å². The average Bonchev–Trinajstić information content (AvgIpc) is 2.41. The van der Waals surface area contributed by atoms with Gasteiger partial charge in [0.05, 0.1) is 5.69 Å². The molecule has 0 radical (unpaired) electrons. The van der Waals surface area contributed by atoms with Crippen molar-refractivity contribution in [3.8, 4) is 0 Å². The van der Waals surface area contributed by atoms with Crippen LogP contribution in [-0.2, 0) is 10.0 Å². The summed E-state index contributed by atoms with van der Waals surface area (Å²) in [5.74, 6) is 0.188. The maximum absolute atomic E-state index is 12.4. The number of anilines is 1. The normalized spacial score (nSPS) is 20.3. The van der Waals surface area contributed by atoms with E-state index in [-0.39, 0.29) is 11.6 Å². The lowest BCUT2D eigenvalue weighted by Crippen LogP contribution is -2.30. The van der Waals surface area contributed by atoms with Gasteiger partial charge in [0, 0.05) is 6.54 Å². The fourth-order valence-electron chi connectivity index (χ4n) is 2.34. The smallest absolute Gasteiger partial charge is 0.316 e. The number of nitrogens with one attached hydrogen (secondary N) is 2. The minimum Gasteiger partial charge on any atom is -0.316 e. The zero-order valence-corrected chi connectivity index (χ0v) is 12.3. The molecule has 2 N–H and O–H groups in total. The predicted molar refractivity (Wildman–Crippen MR) is 74.6 cm³/mol. The SMILES string of the molecule is Cc1ccc(C2CCCNC2)cc1NS(=O)(=O)C(F)(F)F. The molecule has 1 aliphatic heterocycles. The van der Waals surface area contributed by atoms with Gasteiger partial charge in [0.2, 0.25) is 0 Å². The summed E-state index contributed by atoms with van der Waals surface area (Å²) in [6, 6.07) is 4.97. The van der Waals surface area contributed by atoms with Crippen LogP contribution in [-0.4, -0.2) is 27.0 Å². The Kier molecular flexibility index (Phi) is 4.48. The third kappa shape index (κ3) is 3.68. The minimum atomic E-state index is -5.39. The van der Waals surface area contributed by atoms with Gasteiger partial charge in [0.15, 0.2) is 0 Å². The van der Waals surface area contributed by atoms with Crippen molar-refractivity contribution in [3.63, 3.8) is 0 Å². The summed E-state index contributed by atoms with van der Waals surface area (Å²) < 4.78 is 61.4. The highest BCUT2D eigenvalue weighted by Crippen LogP contribution is 2.30. The molecular weight excluding hydrogens is 305 g/mol. The molecule has 8 heteroatoms. The van der Waals surface area contributed by atoms with E-state index in [9.17, 15) is 21.6 Å². The van der Waals surface area contributed by atoms with Crippen molar-refractivity contribution >= 4 is 15.7 Å². The molecule has 2 rings (SSSR count). The van der Waals surface area contributed by atoms with Crippen LogP contribution in [0.2, 0.25) is 0 Å². The Hall–Kier alpha value is -1.28. The Morgan fingerprint density at radius 3 is 2.62 bits per heavy atom. The molecule has 118 valence electrons. The fourth-order valence-corrected chi connectivity index (χ4v) is 2.97. The van der Waals surface area contributed by atoms with E-state index >= 15 is 0 Å². The molecule has 1 saturated heterocycles. The molecule has 1 aliphatic rings. The van der Waals surface area contributed by atoms with Crippen molar-refractivity contribution in [3.05, 3.63) is 29.3 Å². The van der Waals surface area contributed by atoms with Crippen LogP contribution in [0.4, 0.5) is 18.9 Å². The van der Waals surface area contributed by atoms with Crippen molar-refractivity contribution < 1.29 is 21.6 Å². The van der Waals surface area contributed by atoms with Crippen LogP contribution < -0.4 is 10.0 Å². The lowest BCUT2D eigenvalue weighted by atomic mass is 9.91. The number of halogens is 3. The van der Waals surface area contributed by atoms with Gasteiger partial charge in [-0.05, 0) is 49.4 Å². The number of hydrogen-bond donors (Lipinski definition) is 2. The molecule has 1 atom stereocenters. The lowest BCUT2D eigenvalue weighted by Gasteiger charge is -2.24. The maximum Gasteiger partial charge on any atom is 0.516 e. The van der Waals surface area contributed by atoms with Crippen molar-refractivity contribution in [1.82, 2.24) is 5.32 Å². The van der Waals surface area contributed by atoms with Crippen molar-refractivity contribution in [2.45, 2.75) is 31.2 Å². The van der Waals surface area contributed by atoms with E-state index in [1.807, 2.05) is 6.07 Å². The topological polar surface area (TPSA) is 58.2 Å². The van der Waals surface area contributed by atoms with E-state index in [1.165, 1.54) is 6.07 Å². The molecule has 1 fully saturated rings. The molecule has 0 amide bonds. The molecule has 1 aromatic carbocycles. The van der Waals surface area contributed by atoms with E-state index < -0.39 is 15.5 Å². The molecular formula is C13H17F3N2O2S. The van der Waals surface area contributed by atoms with Gasteiger partial charge in [-0.15, -0.1) is 0 Å². The monoisotopic (exact) mass is 322 g/mol. The van der Waals surface area contributed by atoms with Crippen LogP contribution in [0.1, 0.15) is 29.9 Å². The second-order valence-corrected chi connectivity index (χ2v) is 6.84. The van der Waals surface area contributed by atoms with Gasteiger partial charge in [0.25, 0.3) is 0 Å². The summed E-state index contributed by atoms with van der Waals surface area (Å²) >= 11 is 0. The summed E-state index contributed by atoms with van der Waals surface area (Å²) in [7, 11) is -5.39. The summed E-state index contributed by atoms with van der Waals surface area (Å²) in [4.78, 5) is 0. The number of sulfonamides is 1. The third-order valence-corrected chi connectivity index (χ3v) is 4.68. The standard InChI is InChI=1S/C13H17F3N2O2S/c1-9-4-5-10(11-3-2-6-17-8-11)7-12(9)18-21(19,20)13(14,15)16/h4-5,7,11,17-18H,2-3,6,8H2,1H3. The molecule has 1 heterocycles. The summed E-state index contributed by atoms with van der Waals surface area (Å²) in [5, 5.41) is 3.22. The molecule has 1 aromatic rings. The Bertz CT molecular complexity index is 608. The average molecular weight is 322 g/mol. The molecule has 21 heavy (non-hydrogen) atoms. The van der Waals surface area contributed by atoms with Gasteiger partial charge in [-0.25, -0.2) is 0 Å². The van der Waals surface area contributed by atoms with Crippen molar-refractivity contribution in [2.24, 2.45) is 0 Å². The third-order valence-electron chi connectivity index (χ3n) is 3.58. The maximum atomic E-state index is 12.4. The largest absolute Gasteiger partial charge is 0.516 e. The molecule has 0 aromatic heterocycles. The van der Waals surface area contributed by atoms with E-state index in [0.29, 0.717) is 5.56 Å². The van der Waals surface area contributed by atoms with E-state index in [2.05, 4.69) is 5.32 Å². The van der Waals surface area contributed by atoms with Crippen LogP contribution in [0.15, 0.2) is 18.2 Å². The Morgan fingerprint density at radius 1 is 1.33 bits per heavy atom. The molecule has 0 spiro atoms. The van der Waals surface area contributed by atoms with Gasteiger partial charge in [-0.3, -0.25) is 4.72 Å². The second-order valence-electron chi connectivity index (χ2n) is 5.17. The zero-order chi connectivity index (χ0) is 15.7. The Balaban J connectivity index is 2.27. The summed E-state index contributed by atoms with van der Waals surface area (Å²) in [6.45, 7) is 3.24. The van der Waals surface area contributed by atoms with E-state index in [4.69, 9.17) is 0 Å². The van der Waals surface area contributed by atoms with Crippen LogP contribution in [0.5, 0.6) is 0 Å². The number of alkyl halides is 3. The summed E-state index contributed by atoms with van der Waals surface area (Å²) in [6.07, 6.45) is 1.92. The van der Waals surface area contributed by atoms with Crippen LogP contribution in [0, 0.1) is 6.92 Å². The van der Waals surface area contributed by atoms with Gasteiger partial charge >= 0.3 is 15.5 Å². The molecule has 1 unspecified atom stereocenters. The lowest BCUT2D eigenvalue weighted by molar-refractivity contribution is -0.0429. The second kappa shape index (κ2) is 5.84. The van der Waals surface area contributed by atoms with Crippen LogP contribution in [0.3, 0.4) is 0 Å². The first-order valence-electron chi connectivity index (χ1n) is 6.61. The summed E-state index contributed by atoms with van der Waals surface area (Å²) in [5.41, 5.74) is -4.04. The van der Waals surface area contributed by atoms with Gasteiger partial charge < -0.3 is 5.32 Å². The first kappa shape index (κ1) is 16.1. The first-order chi connectivity index (χ1) is 9.71. The number of hydrogen-bond acceptors (Lipinski definition) is 3. The molecule has 0 saturated carbocycles. The number of piperidine rings is 1. The van der Waals surface area contributed by atoms with Gasteiger partial charge in [-0.2, -0.15) is 21.6 Å². The molecule has 0 aliphatic carbocycles. The van der Waals surface area contributed by atoms with Gasteiger partial charge in [-0.1, -0.05) is 12.1 Å². The molecule has 4 nitrogen and oxygen atoms in total. The first-order valence-corrected chi connectivity index (χ1v) is 8.09. The quantitative estimate of drug-likeness (QED) is 0.899. The van der Waals surface area contributed by atoms with Gasteiger partial charge in [0.1, 0.15) is 0 Å². The number of benzene rings is 1. The number of rotatable bonds is 3. The Morgan fingerprint density at radius 2 is 2.05 bits per heavy atom. The minimum absolute atomic E-state index is 0.0181. The highest BCUT2D eigenvalue weighted by Gasteiger charge is 2.46.